The van der Waals surface area contributed by atoms with Crippen LogP contribution in [-0.2, 0) is 14.3 Å². The average Bonchev–Trinajstić information content (AvgIpc) is 3.52. The van der Waals surface area contributed by atoms with Crippen molar-refractivity contribution in [1.82, 2.24) is 10.3 Å². The van der Waals surface area contributed by atoms with Gasteiger partial charge in [0, 0.05) is 34.5 Å². The van der Waals surface area contributed by atoms with Crippen LogP contribution in [0.5, 0.6) is 0 Å². The number of ketones is 1. The Kier molecular flexibility index (Phi) is 5.42. The highest BCUT2D eigenvalue weighted by Crippen LogP contribution is 2.48. The lowest BCUT2D eigenvalue weighted by Gasteiger charge is -2.33. The van der Waals surface area contributed by atoms with Gasteiger partial charge in [0.1, 0.15) is 10.9 Å². The zero-order chi connectivity index (χ0) is 21.5. The number of esters is 1. The van der Waals surface area contributed by atoms with Gasteiger partial charge in [0.25, 0.3) is 0 Å². The number of allylic oxidation sites excluding steroid dienone is 3. The molecule has 2 aliphatic carbocycles. The zero-order valence-electron chi connectivity index (χ0n) is 18.1. The summed E-state index contributed by atoms with van der Waals surface area (Å²) in [6.45, 7) is 3.54. The molecule has 1 aliphatic heterocycles. The number of aromatic nitrogens is 1. The van der Waals surface area contributed by atoms with Crippen molar-refractivity contribution in [2.45, 2.75) is 70.8 Å². The maximum atomic E-state index is 13.7. The van der Waals surface area contributed by atoms with E-state index in [9.17, 15) is 9.59 Å². The number of nitrogens with zero attached hydrogens (tertiary/aromatic N) is 1. The third-order valence-corrected chi connectivity index (χ3v) is 7.62. The number of hydrogen-bond acceptors (Lipinski definition) is 6. The van der Waals surface area contributed by atoms with Gasteiger partial charge in [-0.05, 0) is 75.3 Å². The fourth-order valence-electron chi connectivity index (χ4n) is 5.06. The molecule has 0 bridgehead atoms. The van der Waals surface area contributed by atoms with Gasteiger partial charge < -0.3 is 10.1 Å². The Hall–Kier alpha value is -2.47. The van der Waals surface area contributed by atoms with Crippen LogP contribution < -0.4 is 5.32 Å². The van der Waals surface area contributed by atoms with Crippen molar-refractivity contribution in [2.24, 2.45) is 5.92 Å². The molecule has 0 saturated heterocycles. The molecule has 5 rings (SSSR count). The molecule has 3 aliphatic rings. The van der Waals surface area contributed by atoms with Crippen molar-refractivity contribution in [3.05, 3.63) is 51.8 Å². The first-order valence-electron chi connectivity index (χ1n) is 11.3. The number of thiophene rings is 1. The lowest BCUT2D eigenvalue weighted by Crippen LogP contribution is -2.34. The predicted octanol–water partition coefficient (Wildman–Crippen LogP) is 5.39. The van der Waals surface area contributed by atoms with E-state index in [4.69, 9.17) is 4.74 Å². The molecule has 0 radical (unpaired) electrons. The molecule has 31 heavy (non-hydrogen) atoms. The Bertz CT molecular complexity index is 1100. The van der Waals surface area contributed by atoms with Gasteiger partial charge in [-0.15, -0.1) is 11.3 Å². The topological polar surface area (TPSA) is 68.3 Å². The van der Waals surface area contributed by atoms with Crippen LogP contribution >= 0.6 is 11.3 Å². The summed E-state index contributed by atoms with van der Waals surface area (Å²) in [4.78, 5) is 31.9. The van der Waals surface area contributed by atoms with Gasteiger partial charge in [0.2, 0.25) is 0 Å². The Labute approximate surface area is 186 Å². The van der Waals surface area contributed by atoms with Gasteiger partial charge in [0.15, 0.2) is 5.78 Å². The normalized spacial score (nSPS) is 22.6. The van der Waals surface area contributed by atoms with Crippen molar-refractivity contribution in [2.75, 3.05) is 0 Å². The number of carbonyl (C=O) groups excluding carboxylic acids is 2. The maximum Gasteiger partial charge on any atom is 0.337 e. The first kappa shape index (κ1) is 20.4. The molecular formula is C25H28N2O3S. The van der Waals surface area contributed by atoms with Gasteiger partial charge in [-0.2, -0.15) is 0 Å². The summed E-state index contributed by atoms with van der Waals surface area (Å²) in [5, 5.41) is 6.50. The van der Waals surface area contributed by atoms with E-state index in [0.29, 0.717) is 17.1 Å². The zero-order valence-corrected chi connectivity index (χ0v) is 18.9. The second kappa shape index (κ2) is 8.23. The van der Waals surface area contributed by atoms with Crippen LogP contribution in [0.4, 0.5) is 0 Å². The molecule has 162 valence electrons. The fraction of sp³-hybridized carbons (Fsp3) is 0.480. The lowest BCUT2D eigenvalue weighted by atomic mass is 9.78. The third-order valence-electron chi connectivity index (χ3n) is 6.70. The summed E-state index contributed by atoms with van der Waals surface area (Å²) in [5.41, 5.74) is 4.07. The molecule has 2 saturated carbocycles. The van der Waals surface area contributed by atoms with Crippen LogP contribution in [-0.4, -0.2) is 22.8 Å². The molecule has 2 aromatic heterocycles. The minimum absolute atomic E-state index is 0.0175. The van der Waals surface area contributed by atoms with Crippen LogP contribution in [0.15, 0.2) is 46.2 Å². The largest absolute Gasteiger partial charge is 0.459 e. The second-order valence-corrected chi connectivity index (χ2v) is 9.83. The van der Waals surface area contributed by atoms with Crippen LogP contribution in [0.25, 0.3) is 10.2 Å². The number of rotatable bonds is 5. The number of fused-ring (bicyclic) bond motifs is 1. The molecule has 0 aromatic carbocycles. The van der Waals surface area contributed by atoms with Crippen molar-refractivity contribution >= 4 is 33.3 Å². The molecule has 1 N–H and O–H groups in total. The number of ether oxygens (including phenoxy) is 1. The van der Waals surface area contributed by atoms with Crippen LogP contribution in [0.2, 0.25) is 0 Å². The Morgan fingerprint density at radius 3 is 2.61 bits per heavy atom. The predicted molar refractivity (Wildman–Crippen MR) is 122 cm³/mol. The van der Waals surface area contributed by atoms with Crippen molar-refractivity contribution < 1.29 is 14.3 Å². The van der Waals surface area contributed by atoms with E-state index in [2.05, 4.69) is 15.7 Å². The van der Waals surface area contributed by atoms with E-state index in [0.717, 1.165) is 65.7 Å². The highest BCUT2D eigenvalue weighted by atomic mass is 32.1. The van der Waals surface area contributed by atoms with E-state index >= 15 is 0 Å². The number of dihydropyridines is 1. The van der Waals surface area contributed by atoms with E-state index in [1.165, 1.54) is 6.42 Å². The van der Waals surface area contributed by atoms with E-state index in [-0.39, 0.29) is 17.9 Å². The molecule has 2 aromatic rings. The first-order valence-corrected chi connectivity index (χ1v) is 12.2. The quantitative estimate of drug-likeness (QED) is 0.637. The molecular weight excluding hydrogens is 408 g/mol. The smallest absolute Gasteiger partial charge is 0.337 e. The van der Waals surface area contributed by atoms with Crippen LogP contribution in [0.3, 0.4) is 0 Å². The van der Waals surface area contributed by atoms with E-state index in [1.54, 1.807) is 24.5 Å². The molecule has 0 amide bonds. The van der Waals surface area contributed by atoms with Gasteiger partial charge in [0.05, 0.1) is 5.57 Å². The monoisotopic (exact) mass is 436 g/mol. The molecule has 1 unspecified atom stereocenters. The lowest BCUT2D eigenvalue weighted by molar-refractivity contribution is -0.146. The third kappa shape index (κ3) is 3.82. The number of hydrogen-bond donors (Lipinski definition) is 1. The highest BCUT2D eigenvalue weighted by molar-refractivity contribution is 7.16. The summed E-state index contributed by atoms with van der Waals surface area (Å²) < 4.78 is 6.06. The summed E-state index contributed by atoms with van der Waals surface area (Å²) in [6.07, 6.45) is 9.14. The van der Waals surface area contributed by atoms with Crippen LogP contribution in [0.1, 0.15) is 70.3 Å². The molecule has 2 fully saturated rings. The maximum absolute atomic E-state index is 13.7. The molecule has 0 spiro atoms. The van der Waals surface area contributed by atoms with Crippen molar-refractivity contribution in [3.63, 3.8) is 0 Å². The van der Waals surface area contributed by atoms with Gasteiger partial charge in [-0.25, -0.2) is 9.78 Å². The SMILES string of the molecule is CC(=O)C1=C(C)NC(C2CC2)=C(C(=O)OC2CCCCC2)C1c1csc2ncccc12. The minimum Gasteiger partial charge on any atom is -0.459 e. The number of nitrogens with one attached hydrogen (secondary N) is 1. The highest BCUT2D eigenvalue weighted by Gasteiger charge is 2.42. The molecule has 6 heteroatoms. The summed E-state index contributed by atoms with van der Waals surface area (Å²) >= 11 is 1.56. The molecule has 3 heterocycles. The Balaban J connectivity index is 1.64. The standard InChI is InChI=1S/C25H28N2O3S/c1-14-20(15(2)28)21(19-13-31-24-18(19)9-6-12-26-24)22(23(27-14)16-10-11-16)25(29)30-17-7-4-3-5-8-17/h6,9,12-13,16-17,21,27H,3-5,7-8,10-11H2,1-2H3. The van der Waals surface area contributed by atoms with Crippen molar-refractivity contribution in [1.29, 1.82) is 0 Å². The van der Waals surface area contributed by atoms with E-state index < -0.39 is 5.92 Å². The van der Waals surface area contributed by atoms with E-state index in [1.807, 2.05) is 19.1 Å². The second-order valence-electron chi connectivity index (χ2n) is 8.97. The van der Waals surface area contributed by atoms with Crippen LogP contribution in [0, 0.1) is 5.92 Å². The first-order chi connectivity index (χ1) is 15.0. The molecule has 1 atom stereocenters. The summed E-state index contributed by atoms with van der Waals surface area (Å²) in [6, 6.07) is 3.94. The van der Waals surface area contributed by atoms with Gasteiger partial charge in [-0.3, -0.25) is 4.79 Å². The number of Topliss-reactive ketones (excluding diaryl/α,β-unsaturated/α-hetero) is 1. The summed E-state index contributed by atoms with van der Waals surface area (Å²) in [5.74, 6) is -0.358. The van der Waals surface area contributed by atoms with Gasteiger partial charge in [-0.1, -0.05) is 12.5 Å². The Morgan fingerprint density at radius 2 is 1.90 bits per heavy atom. The number of pyridine rings is 1. The summed E-state index contributed by atoms with van der Waals surface area (Å²) in [7, 11) is 0. The Morgan fingerprint density at radius 1 is 1.13 bits per heavy atom. The van der Waals surface area contributed by atoms with Gasteiger partial charge >= 0.3 is 5.97 Å². The molecule has 5 nitrogen and oxygen atoms in total. The van der Waals surface area contributed by atoms with Crippen molar-refractivity contribution in [3.8, 4) is 0 Å². The minimum atomic E-state index is -0.414. The fourth-order valence-corrected chi connectivity index (χ4v) is 6.00. The number of carbonyl (C=O) groups is 2. The average molecular weight is 437 g/mol.